The first-order chi connectivity index (χ1) is 9.15. The molecule has 0 radical (unpaired) electrons. The molecule has 0 saturated carbocycles. The van der Waals surface area contributed by atoms with E-state index in [0.717, 1.165) is 25.9 Å². The number of halogens is 2. The Kier molecular flexibility index (Phi) is 5.82. The molecule has 1 amide bonds. The first kappa shape index (κ1) is 15.0. The van der Waals surface area contributed by atoms with Crippen LogP contribution in [0.2, 0.25) is 10.0 Å². The summed E-state index contributed by atoms with van der Waals surface area (Å²) >= 11 is 13.5. The van der Waals surface area contributed by atoms with Crippen LogP contribution in [0.4, 0.5) is 5.69 Å². The van der Waals surface area contributed by atoms with Gasteiger partial charge in [0.15, 0.2) is 0 Å². The molecule has 0 spiro atoms. The Hall–Kier alpha value is -0.420. The van der Waals surface area contributed by atoms with Crippen LogP contribution >= 0.6 is 35.0 Å². The van der Waals surface area contributed by atoms with Crippen LogP contribution < -0.4 is 10.6 Å². The van der Waals surface area contributed by atoms with Crippen LogP contribution in [0.3, 0.4) is 0 Å². The number of thioether (sulfide) groups is 1. The molecule has 2 N–H and O–H groups in total. The third-order valence-electron chi connectivity index (χ3n) is 2.94. The Morgan fingerprint density at radius 3 is 2.79 bits per heavy atom. The van der Waals surface area contributed by atoms with Crippen molar-refractivity contribution in [2.24, 2.45) is 0 Å². The van der Waals surface area contributed by atoms with Crippen LogP contribution in [0, 0.1) is 0 Å². The Morgan fingerprint density at radius 1 is 1.37 bits per heavy atom. The summed E-state index contributed by atoms with van der Waals surface area (Å²) in [7, 11) is 0. The van der Waals surface area contributed by atoms with E-state index in [0.29, 0.717) is 26.7 Å². The van der Waals surface area contributed by atoms with Crippen LogP contribution in [-0.2, 0) is 4.79 Å². The van der Waals surface area contributed by atoms with Crippen molar-refractivity contribution in [3.8, 4) is 0 Å². The standard InChI is InChI=1S/C13H16Cl2N2OS/c14-9-1-2-12(11(15)7-9)17-13(18)8-19-10-3-5-16-6-4-10/h1-2,7,10,16H,3-6,8H2,(H,17,18). The molecule has 1 aromatic rings. The number of nitrogens with one attached hydrogen (secondary N) is 2. The lowest BCUT2D eigenvalue weighted by Gasteiger charge is -2.21. The van der Waals surface area contributed by atoms with Gasteiger partial charge in [-0.1, -0.05) is 23.2 Å². The Morgan fingerprint density at radius 2 is 2.11 bits per heavy atom. The van der Waals surface area contributed by atoms with Gasteiger partial charge in [0.1, 0.15) is 0 Å². The van der Waals surface area contributed by atoms with Crippen molar-refractivity contribution in [2.75, 3.05) is 24.2 Å². The molecule has 6 heteroatoms. The molecule has 104 valence electrons. The Balaban J connectivity index is 1.80. The summed E-state index contributed by atoms with van der Waals surface area (Å²) in [6.45, 7) is 2.09. The molecule has 1 fully saturated rings. The largest absolute Gasteiger partial charge is 0.324 e. The van der Waals surface area contributed by atoms with Crippen LogP contribution in [0.15, 0.2) is 18.2 Å². The average Bonchev–Trinajstić information content (AvgIpc) is 2.41. The summed E-state index contributed by atoms with van der Waals surface area (Å²) in [6.07, 6.45) is 2.25. The second kappa shape index (κ2) is 7.39. The van der Waals surface area contributed by atoms with Crippen molar-refractivity contribution < 1.29 is 4.79 Å². The van der Waals surface area contributed by atoms with E-state index in [1.807, 2.05) is 0 Å². The van der Waals surface area contributed by atoms with Crippen LogP contribution in [-0.4, -0.2) is 30.0 Å². The summed E-state index contributed by atoms with van der Waals surface area (Å²) < 4.78 is 0. The van der Waals surface area contributed by atoms with E-state index in [-0.39, 0.29) is 5.91 Å². The first-order valence-corrected chi connectivity index (χ1v) is 8.03. The maximum Gasteiger partial charge on any atom is 0.234 e. The molecule has 1 aliphatic rings. The van der Waals surface area contributed by atoms with Gasteiger partial charge in [0.25, 0.3) is 0 Å². The molecule has 3 nitrogen and oxygen atoms in total. The zero-order chi connectivity index (χ0) is 13.7. The van der Waals surface area contributed by atoms with Gasteiger partial charge >= 0.3 is 0 Å². The van der Waals surface area contributed by atoms with Crippen molar-refractivity contribution in [3.05, 3.63) is 28.2 Å². The molecule has 0 bridgehead atoms. The fourth-order valence-electron chi connectivity index (χ4n) is 1.93. The fourth-order valence-corrected chi connectivity index (χ4v) is 3.42. The summed E-state index contributed by atoms with van der Waals surface area (Å²) in [5.74, 6) is 0.441. The molecule has 1 heterocycles. The van der Waals surface area contributed by atoms with Gasteiger partial charge in [-0.2, -0.15) is 0 Å². The monoisotopic (exact) mass is 318 g/mol. The smallest absolute Gasteiger partial charge is 0.234 e. The van der Waals surface area contributed by atoms with Crippen molar-refractivity contribution in [2.45, 2.75) is 18.1 Å². The molecule has 2 rings (SSSR count). The van der Waals surface area contributed by atoms with Gasteiger partial charge in [0.2, 0.25) is 5.91 Å². The van der Waals surface area contributed by atoms with E-state index in [2.05, 4.69) is 10.6 Å². The molecule has 0 aromatic heterocycles. The number of amides is 1. The van der Waals surface area contributed by atoms with Gasteiger partial charge in [0.05, 0.1) is 16.5 Å². The highest BCUT2D eigenvalue weighted by atomic mass is 35.5. The number of hydrogen-bond donors (Lipinski definition) is 2. The number of carbonyl (C=O) groups excluding carboxylic acids is 1. The summed E-state index contributed by atoms with van der Waals surface area (Å²) in [5, 5.41) is 7.73. The number of rotatable bonds is 4. The highest BCUT2D eigenvalue weighted by molar-refractivity contribution is 8.00. The number of anilines is 1. The number of piperidine rings is 1. The molecular weight excluding hydrogens is 303 g/mol. The van der Waals surface area contributed by atoms with Crippen molar-refractivity contribution >= 4 is 46.6 Å². The maximum absolute atomic E-state index is 11.9. The molecule has 1 saturated heterocycles. The number of hydrogen-bond acceptors (Lipinski definition) is 3. The SMILES string of the molecule is O=C(CSC1CCNCC1)Nc1ccc(Cl)cc1Cl. The predicted octanol–water partition coefficient (Wildman–Crippen LogP) is 3.42. The zero-order valence-electron chi connectivity index (χ0n) is 10.4. The molecule has 0 unspecified atom stereocenters. The van der Waals surface area contributed by atoms with Crippen molar-refractivity contribution in [1.82, 2.24) is 5.32 Å². The lowest BCUT2D eigenvalue weighted by Crippen LogP contribution is -2.30. The van der Waals surface area contributed by atoms with E-state index in [1.54, 1.807) is 30.0 Å². The van der Waals surface area contributed by atoms with E-state index in [9.17, 15) is 4.79 Å². The molecular formula is C13H16Cl2N2OS. The molecule has 19 heavy (non-hydrogen) atoms. The van der Waals surface area contributed by atoms with Gasteiger partial charge in [0, 0.05) is 10.3 Å². The van der Waals surface area contributed by atoms with E-state index < -0.39 is 0 Å². The van der Waals surface area contributed by atoms with Crippen LogP contribution in [0.5, 0.6) is 0 Å². The molecule has 1 aromatic carbocycles. The summed E-state index contributed by atoms with van der Waals surface area (Å²) in [6, 6.07) is 5.05. The topological polar surface area (TPSA) is 41.1 Å². The molecule has 1 aliphatic heterocycles. The van der Waals surface area contributed by atoms with Crippen molar-refractivity contribution in [3.63, 3.8) is 0 Å². The highest BCUT2D eigenvalue weighted by Crippen LogP contribution is 2.26. The Labute approximate surface area is 127 Å². The highest BCUT2D eigenvalue weighted by Gasteiger charge is 2.15. The minimum absolute atomic E-state index is 0.0206. The van der Waals surface area contributed by atoms with Gasteiger partial charge in [-0.05, 0) is 44.1 Å². The van der Waals surface area contributed by atoms with Crippen molar-refractivity contribution in [1.29, 1.82) is 0 Å². The summed E-state index contributed by atoms with van der Waals surface area (Å²) in [4.78, 5) is 11.9. The zero-order valence-corrected chi connectivity index (χ0v) is 12.7. The van der Waals surface area contributed by atoms with E-state index in [1.165, 1.54) is 0 Å². The van der Waals surface area contributed by atoms with E-state index in [4.69, 9.17) is 23.2 Å². The Bertz CT molecular complexity index is 450. The lowest BCUT2D eigenvalue weighted by atomic mass is 10.2. The predicted molar refractivity (Wildman–Crippen MR) is 83.4 cm³/mol. The lowest BCUT2D eigenvalue weighted by molar-refractivity contribution is -0.113. The minimum Gasteiger partial charge on any atom is -0.324 e. The fraction of sp³-hybridized carbons (Fsp3) is 0.462. The van der Waals surface area contributed by atoms with E-state index >= 15 is 0 Å². The van der Waals surface area contributed by atoms with Crippen LogP contribution in [0.1, 0.15) is 12.8 Å². The minimum atomic E-state index is -0.0206. The summed E-state index contributed by atoms with van der Waals surface area (Å²) in [5.41, 5.74) is 0.613. The first-order valence-electron chi connectivity index (χ1n) is 6.22. The second-order valence-corrected chi connectivity index (χ2v) is 6.57. The average molecular weight is 319 g/mol. The normalized spacial score (nSPS) is 16.3. The number of carbonyl (C=O) groups is 1. The maximum atomic E-state index is 11.9. The van der Waals surface area contributed by atoms with Gasteiger partial charge in [-0.3, -0.25) is 4.79 Å². The van der Waals surface area contributed by atoms with Gasteiger partial charge < -0.3 is 10.6 Å². The molecule has 0 atom stereocenters. The third-order valence-corrected chi connectivity index (χ3v) is 4.86. The number of benzene rings is 1. The quantitative estimate of drug-likeness (QED) is 0.893. The molecule has 0 aliphatic carbocycles. The van der Waals surface area contributed by atoms with Gasteiger partial charge in [-0.15, -0.1) is 11.8 Å². The second-order valence-electron chi connectivity index (χ2n) is 4.43. The van der Waals surface area contributed by atoms with Crippen LogP contribution in [0.25, 0.3) is 0 Å². The third kappa shape index (κ3) is 4.88. The van der Waals surface area contributed by atoms with Gasteiger partial charge in [-0.25, -0.2) is 0 Å².